The number of likely N-dealkylation sites (N-methyl/N-ethyl adjacent to an activating group) is 1. The van der Waals surface area contributed by atoms with Gasteiger partial charge in [0.2, 0.25) is 5.91 Å². The molecular weight excluding hydrogens is 376 g/mol. The van der Waals surface area contributed by atoms with Crippen molar-refractivity contribution in [1.82, 2.24) is 29.5 Å². The van der Waals surface area contributed by atoms with Crippen molar-refractivity contribution < 1.29 is 4.79 Å². The highest BCUT2D eigenvalue weighted by atomic mass is 32.2. The first-order valence-electron chi connectivity index (χ1n) is 9.14. The second-order valence-corrected chi connectivity index (χ2v) is 8.01. The molecule has 3 aromatic rings. The fraction of sp³-hybridized carbons (Fsp3) is 0.368. The van der Waals surface area contributed by atoms with E-state index >= 15 is 0 Å². The molecule has 146 valence electrons. The van der Waals surface area contributed by atoms with Crippen LogP contribution in [0.25, 0.3) is 16.7 Å². The molecule has 0 unspecified atom stereocenters. The van der Waals surface area contributed by atoms with Crippen LogP contribution in [0.2, 0.25) is 0 Å². The Balaban J connectivity index is 1.61. The molecule has 0 bridgehead atoms. The highest BCUT2D eigenvalue weighted by Gasteiger charge is 2.29. The van der Waals surface area contributed by atoms with Crippen molar-refractivity contribution in [2.75, 3.05) is 32.9 Å². The molecule has 1 N–H and O–H groups in total. The minimum Gasteiger partial charge on any atom is -0.355 e. The number of aromatic nitrogens is 4. The maximum atomic E-state index is 13.1. The molecule has 4 rings (SSSR count). The minimum atomic E-state index is -0.191. The van der Waals surface area contributed by atoms with Crippen LogP contribution in [-0.4, -0.2) is 63.1 Å². The number of nitrogens with one attached hydrogen (secondary N) is 1. The van der Waals surface area contributed by atoms with Crippen LogP contribution in [-0.2, 0) is 4.79 Å². The standard InChI is InChI=1S/C19H22N6O2S/c1-23(2)9-8-20-16(26)10-14-12-28-19-22-17-15(18(27)24(14)19)11-21-25(17)13-6-4-3-5-7-13/h3-7,11,14H,8-10,12H2,1-2H3,(H,20,26)/t14-/m0/s1. The lowest BCUT2D eigenvalue weighted by Gasteiger charge is -2.14. The number of para-hydroxylation sites is 1. The first-order chi connectivity index (χ1) is 13.5. The van der Waals surface area contributed by atoms with Crippen molar-refractivity contribution in [2.24, 2.45) is 0 Å². The number of rotatable bonds is 6. The minimum absolute atomic E-state index is 0.0488. The molecule has 0 spiro atoms. The van der Waals surface area contributed by atoms with Gasteiger partial charge in [0.25, 0.3) is 5.56 Å². The second-order valence-electron chi connectivity index (χ2n) is 7.02. The fourth-order valence-electron chi connectivity index (χ4n) is 3.24. The predicted molar refractivity (Wildman–Crippen MR) is 109 cm³/mol. The van der Waals surface area contributed by atoms with E-state index in [1.807, 2.05) is 49.3 Å². The highest BCUT2D eigenvalue weighted by molar-refractivity contribution is 7.99. The number of hydrogen-bond donors (Lipinski definition) is 1. The lowest BCUT2D eigenvalue weighted by molar-refractivity contribution is -0.121. The Labute approximate surface area is 166 Å². The average molecular weight is 398 g/mol. The van der Waals surface area contributed by atoms with Gasteiger partial charge in [0, 0.05) is 25.3 Å². The number of carbonyl (C=O) groups is 1. The molecule has 0 saturated heterocycles. The van der Waals surface area contributed by atoms with Gasteiger partial charge in [0.15, 0.2) is 10.8 Å². The molecule has 1 aromatic carbocycles. The molecule has 0 saturated carbocycles. The van der Waals surface area contributed by atoms with E-state index in [-0.39, 0.29) is 23.9 Å². The van der Waals surface area contributed by atoms with Crippen molar-refractivity contribution in [2.45, 2.75) is 17.6 Å². The summed E-state index contributed by atoms with van der Waals surface area (Å²) in [7, 11) is 3.92. The highest BCUT2D eigenvalue weighted by Crippen LogP contribution is 2.33. The van der Waals surface area contributed by atoms with E-state index in [0.717, 1.165) is 12.2 Å². The molecular formula is C19H22N6O2S. The quantitative estimate of drug-likeness (QED) is 0.630. The normalized spacial score (nSPS) is 15.9. The number of benzene rings is 1. The van der Waals surface area contributed by atoms with E-state index < -0.39 is 0 Å². The van der Waals surface area contributed by atoms with Gasteiger partial charge in [-0.05, 0) is 26.2 Å². The third kappa shape index (κ3) is 3.55. The van der Waals surface area contributed by atoms with Crippen LogP contribution in [0.1, 0.15) is 12.5 Å². The lowest BCUT2D eigenvalue weighted by Crippen LogP contribution is -2.34. The van der Waals surface area contributed by atoms with Crippen LogP contribution < -0.4 is 10.9 Å². The summed E-state index contributed by atoms with van der Waals surface area (Å²) in [6.45, 7) is 1.37. The first-order valence-corrected chi connectivity index (χ1v) is 10.1. The van der Waals surface area contributed by atoms with Crippen LogP contribution in [0, 0.1) is 0 Å². The van der Waals surface area contributed by atoms with E-state index in [1.165, 1.54) is 11.8 Å². The van der Waals surface area contributed by atoms with Gasteiger partial charge in [-0.15, -0.1) is 0 Å². The number of fused-ring (bicyclic) bond motifs is 2. The van der Waals surface area contributed by atoms with Crippen LogP contribution in [0.5, 0.6) is 0 Å². The summed E-state index contributed by atoms with van der Waals surface area (Å²) in [4.78, 5) is 32.0. The van der Waals surface area contributed by atoms with Gasteiger partial charge in [-0.2, -0.15) is 5.10 Å². The maximum absolute atomic E-state index is 13.1. The summed E-state index contributed by atoms with van der Waals surface area (Å²) < 4.78 is 3.33. The van der Waals surface area contributed by atoms with Gasteiger partial charge in [0.05, 0.1) is 17.9 Å². The zero-order valence-corrected chi connectivity index (χ0v) is 16.6. The molecule has 1 atom stereocenters. The summed E-state index contributed by atoms with van der Waals surface area (Å²) >= 11 is 1.51. The molecule has 8 nitrogen and oxygen atoms in total. The van der Waals surface area contributed by atoms with Crippen molar-refractivity contribution in [1.29, 1.82) is 0 Å². The predicted octanol–water partition coefficient (Wildman–Crippen LogP) is 1.30. The Hall–Kier alpha value is -2.65. The molecule has 0 aliphatic carbocycles. The number of hydrogen-bond acceptors (Lipinski definition) is 6. The molecule has 0 radical (unpaired) electrons. The smallest absolute Gasteiger partial charge is 0.265 e. The molecule has 1 aliphatic heterocycles. The van der Waals surface area contributed by atoms with Gasteiger partial charge >= 0.3 is 0 Å². The number of nitrogens with zero attached hydrogens (tertiary/aromatic N) is 5. The Kier molecular flexibility index (Phi) is 5.19. The van der Waals surface area contributed by atoms with Crippen LogP contribution in [0.4, 0.5) is 0 Å². The van der Waals surface area contributed by atoms with Crippen LogP contribution in [0.15, 0.2) is 46.5 Å². The van der Waals surface area contributed by atoms with Crippen molar-refractivity contribution in [3.05, 3.63) is 46.9 Å². The molecule has 2 aromatic heterocycles. The SMILES string of the molecule is CN(C)CCNC(=O)C[C@H]1CSc2nc3c(cnn3-c3ccccc3)c(=O)n21. The van der Waals surface area contributed by atoms with E-state index in [2.05, 4.69) is 15.4 Å². The van der Waals surface area contributed by atoms with Crippen molar-refractivity contribution in [3.63, 3.8) is 0 Å². The zero-order chi connectivity index (χ0) is 19.7. The van der Waals surface area contributed by atoms with Gasteiger partial charge in [0.1, 0.15) is 5.39 Å². The van der Waals surface area contributed by atoms with E-state index in [1.54, 1.807) is 15.4 Å². The summed E-state index contributed by atoms with van der Waals surface area (Å²) in [6.07, 6.45) is 1.83. The lowest BCUT2D eigenvalue weighted by atomic mass is 10.2. The summed E-state index contributed by atoms with van der Waals surface area (Å²) in [5.41, 5.74) is 1.26. The van der Waals surface area contributed by atoms with Crippen LogP contribution in [0.3, 0.4) is 0 Å². The Morgan fingerprint density at radius 3 is 2.86 bits per heavy atom. The third-order valence-electron chi connectivity index (χ3n) is 4.67. The van der Waals surface area contributed by atoms with Crippen molar-refractivity contribution >= 4 is 28.7 Å². The summed E-state index contributed by atoms with van der Waals surface area (Å²) in [5, 5.41) is 8.38. The average Bonchev–Trinajstić information content (AvgIpc) is 3.27. The van der Waals surface area contributed by atoms with Crippen LogP contribution >= 0.6 is 11.8 Å². The molecule has 1 aliphatic rings. The topological polar surface area (TPSA) is 85.1 Å². The van der Waals surface area contributed by atoms with Gasteiger partial charge < -0.3 is 10.2 Å². The number of amides is 1. The first kappa shape index (κ1) is 18.7. The number of carbonyl (C=O) groups excluding carboxylic acids is 1. The Morgan fingerprint density at radius 2 is 2.11 bits per heavy atom. The summed E-state index contributed by atoms with van der Waals surface area (Å²) in [5.74, 6) is 0.613. The Morgan fingerprint density at radius 1 is 1.32 bits per heavy atom. The fourth-order valence-corrected chi connectivity index (χ4v) is 4.37. The van der Waals surface area contributed by atoms with Gasteiger partial charge in [-0.3, -0.25) is 14.2 Å². The second kappa shape index (κ2) is 7.76. The maximum Gasteiger partial charge on any atom is 0.265 e. The van der Waals surface area contributed by atoms with Gasteiger partial charge in [-0.25, -0.2) is 9.67 Å². The van der Waals surface area contributed by atoms with E-state index in [9.17, 15) is 9.59 Å². The van der Waals surface area contributed by atoms with Gasteiger partial charge in [-0.1, -0.05) is 30.0 Å². The number of thioether (sulfide) groups is 1. The summed E-state index contributed by atoms with van der Waals surface area (Å²) in [6, 6.07) is 9.42. The van der Waals surface area contributed by atoms with E-state index in [0.29, 0.717) is 28.5 Å². The molecule has 3 heterocycles. The third-order valence-corrected chi connectivity index (χ3v) is 5.77. The monoisotopic (exact) mass is 398 g/mol. The molecule has 0 fully saturated rings. The Bertz CT molecular complexity index is 1060. The largest absolute Gasteiger partial charge is 0.355 e. The molecule has 28 heavy (non-hydrogen) atoms. The zero-order valence-electron chi connectivity index (χ0n) is 15.8. The molecule has 1 amide bonds. The molecule has 9 heteroatoms. The van der Waals surface area contributed by atoms with E-state index in [4.69, 9.17) is 0 Å². The van der Waals surface area contributed by atoms with Crippen molar-refractivity contribution in [3.8, 4) is 5.69 Å².